The van der Waals surface area contributed by atoms with Crippen LogP contribution in [0, 0.1) is 20.8 Å². The number of hydrogen-bond acceptors (Lipinski definition) is 7. The molecule has 0 atom stereocenters. The average Bonchev–Trinajstić information content (AvgIpc) is 3.39. The Labute approximate surface area is 193 Å². The van der Waals surface area contributed by atoms with Crippen molar-refractivity contribution in [3.8, 4) is 5.75 Å². The zero-order chi connectivity index (χ0) is 23.4. The van der Waals surface area contributed by atoms with E-state index in [1.165, 1.54) is 0 Å². The van der Waals surface area contributed by atoms with Crippen molar-refractivity contribution in [3.63, 3.8) is 0 Å². The number of nitrogens with zero attached hydrogens (tertiary/aromatic N) is 5. The van der Waals surface area contributed by atoms with Gasteiger partial charge in [-0.3, -0.25) is 0 Å². The summed E-state index contributed by atoms with van der Waals surface area (Å²) in [4.78, 5) is 16.8. The van der Waals surface area contributed by atoms with E-state index in [9.17, 15) is 0 Å². The smallest absolute Gasteiger partial charge is 0.230 e. The molecule has 174 valence electrons. The molecule has 1 saturated heterocycles. The molecule has 0 amide bonds. The van der Waals surface area contributed by atoms with E-state index in [-0.39, 0.29) is 6.73 Å². The van der Waals surface area contributed by atoms with Gasteiger partial charge in [0.15, 0.2) is 6.73 Å². The molecule has 9 nitrogen and oxygen atoms in total. The van der Waals surface area contributed by atoms with Crippen LogP contribution in [0.4, 0.5) is 5.88 Å². The molecule has 4 rings (SSSR count). The van der Waals surface area contributed by atoms with Crippen LogP contribution >= 0.6 is 0 Å². The zero-order valence-electron chi connectivity index (χ0n) is 19.7. The lowest BCUT2D eigenvalue weighted by atomic mass is 10.1. The Hall–Kier alpha value is -3.59. The summed E-state index contributed by atoms with van der Waals surface area (Å²) in [5.74, 6) is 2.64. The molecule has 2 N–H and O–H groups in total. The summed E-state index contributed by atoms with van der Waals surface area (Å²) in [6.07, 6.45) is 1.87. The van der Waals surface area contributed by atoms with Crippen molar-refractivity contribution in [1.82, 2.24) is 19.9 Å². The first-order valence-electron chi connectivity index (χ1n) is 11.0. The molecule has 1 fully saturated rings. The molecule has 1 aromatic carbocycles. The van der Waals surface area contributed by atoms with Crippen LogP contribution in [0.2, 0.25) is 0 Å². The van der Waals surface area contributed by atoms with Crippen LogP contribution in [-0.4, -0.2) is 72.5 Å². The van der Waals surface area contributed by atoms with Gasteiger partial charge in [-0.15, -0.1) is 0 Å². The number of anilines is 1. The molecule has 1 aliphatic rings. The predicted molar refractivity (Wildman–Crippen MR) is 132 cm³/mol. The number of likely N-dealkylation sites (N-methyl/N-ethyl adjacent to an activating group) is 1. The molecular formula is C24H31N7O2. The summed E-state index contributed by atoms with van der Waals surface area (Å²) in [6.45, 7) is 13.5. The predicted octanol–water partition coefficient (Wildman–Crippen LogP) is 3.72. The van der Waals surface area contributed by atoms with E-state index in [4.69, 9.17) is 14.3 Å². The number of amidine groups is 1. The molecule has 0 spiro atoms. The molecule has 0 bridgehead atoms. The average molecular weight is 450 g/mol. The summed E-state index contributed by atoms with van der Waals surface area (Å²) in [5, 5.41) is 8.17. The van der Waals surface area contributed by atoms with Gasteiger partial charge in [-0.05, 0) is 52.7 Å². The number of aryl methyl sites for hydroxylation is 3. The van der Waals surface area contributed by atoms with Crippen molar-refractivity contribution < 1.29 is 9.26 Å². The Morgan fingerprint density at radius 3 is 2.73 bits per heavy atom. The maximum atomic E-state index is 6.07. The lowest BCUT2D eigenvalue weighted by molar-refractivity contribution is 0.214. The standard InChI is InChI=1S/C24H31N7O2/c1-16-12-19-18(3)21(7-6-20(19)27-16)32-15-26-23(31-10-8-30(5)9-11-31)14-22(25-4)28-24-13-17(2)29-33-24/h6-7,12-14,27-28H,4,8-11,15H2,1-3,5H3/b22-14+,26-23+. The van der Waals surface area contributed by atoms with Crippen molar-refractivity contribution >= 4 is 29.3 Å². The van der Waals surface area contributed by atoms with Crippen LogP contribution in [0.5, 0.6) is 5.75 Å². The topological polar surface area (TPSA) is 94.3 Å². The third-order valence-electron chi connectivity index (χ3n) is 5.75. The number of nitrogens with one attached hydrogen (secondary N) is 2. The minimum absolute atomic E-state index is 0.194. The van der Waals surface area contributed by atoms with E-state index in [0.717, 1.165) is 65.6 Å². The van der Waals surface area contributed by atoms with E-state index < -0.39 is 0 Å². The Morgan fingerprint density at radius 2 is 2.03 bits per heavy atom. The van der Waals surface area contributed by atoms with Crippen LogP contribution < -0.4 is 10.1 Å². The quantitative estimate of drug-likeness (QED) is 0.422. The minimum Gasteiger partial charge on any atom is -0.471 e. The fraction of sp³-hybridized carbons (Fsp3) is 0.375. The zero-order valence-corrected chi connectivity index (χ0v) is 19.7. The Balaban J connectivity index is 1.54. The Bertz CT molecular complexity index is 1180. The summed E-state index contributed by atoms with van der Waals surface area (Å²) in [5.41, 5.74) is 4.12. The molecule has 0 radical (unpaired) electrons. The van der Waals surface area contributed by atoms with Crippen molar-refractivity contribution in [1.29, 1.82) is 0 Å². The van der Waals surface area contributed by atoms with E-state index in [2.05, 4.69) is 63.9 Å². The van der Waals surface area contributed by atoms with Gasteiger partial charge in [0.05, 0.1) is 5.69 Å². The van der Waals surface area contributed by atoms with Crippen LogP contribution in [0.25, 0.3) is 10.9 Å². The van der Waals surface area contributed by atoms with Crippen LogP contribution in [0.3, 0.4) is 0 Å². The Morgan fingerprint density at radius 1 is 1.24 bits per heavy atom. The van der Waals surface area contributed by atoms with Gasteiger partial charge < -0.3 is 29.4 Å². The molecule has 1 aliphatic heterocycles. The fourth-order valence-electron chi connectivity index (χ4n) is 3.86. The lowest BCUT2D eigenvalue weighted by Gasteiger charge is -2.33. The van der Waals surface area contributed by atoms with Gasteiger partial charge in [-0.1, -0.05) is 5.16 Å². The summed E-state index contributed by atoms with van der Waals surface area (Å²) in [7, 11) is 2.12. The first kappa shape index (κ1) is 22.6. The van der Waals surface area contributed by atoms with Crippen molar-refractivity contribution in [2.45, 2.75) is 20.8 Å². The first-order valence-corrected chi connectivity index (χ1v) is 11.0. The SMILES string of the molecule is C=N/C(=C\C(=N/COc1ccc2[nH]c(C)cc2c1C)N1CCN(C)CC1)Nc1cc(C)no1. The van der Waals surface area contributed by atoms with Gasteiger partial charge in [0.2, 0.25) is 5.88 Å². The lowest BCUT2D eigenvalue weighted by Crippen LogP contribution is -2.47. The number of aromatic amines is 1. The third-order valence-corrected chi connectivity index (χ3v) is 5.75. The van der Waals surface area contributed by atoms with E-state index in [1.54, 1.807) is 6.07 Å². The normalized spacial score (nSPS) is 15.8. The van der Waals surface area contributed by atoms with Crippen molar-refractivity contribution in [2.24, 2.45) is 9.98 Å². The monoisotopic (exact) mass is 449 g/mol. The van der Waals surface area contributed by atoms with Crippen molar-refractivity contribution in [3.05, 3.63) is 53.1 Å². The second-order valence-electron chi connectivity index (χ2n) is 8.33. The molecule has 0 saturated carbocycles. The molecule has 3 heterocycles. The number of piperazine rings is 1. The number of benzene rings is 1. The largest absolute Gasteiger partial charge is 0.471 e. The number of ether oxygens (including phenoxy) is 1. The van der Waals surface area contributed by atoms with Gasteiger partial charge in [-0.2, -0.15) is 0 Å². The molecule has 0 aliphatic carbocycles. The highest BCUT2D eigenvalue weighted by molar-refractivity contribution is 5.94. The highest BCUT2D eigenvalue weighted by Gasteiger charge is 2.17. The molecule has 9 heteroatoms. The fourth-order valence-corrected chi connectivity index (χ4v) is 3.86. The minimum atomic E-state index is 0.194. The van der Waals surface area contributed by atoms with Crippen LogP contribution in [0.15, 0.2) is 50.7 Å². The molecule has 0 unspecified atom stereocenters. The highest BCUT2D eigenvalue weighted by atomic mass is 16.5. The molecule has 33 heavy (non-hydrogen) atoms. The third kappa shape index (κ3) is 5.43. The molecule has 3 aromatic rings. The first-order chi connectivity index (χ1) is 15.9. The van der Waals surface area contributed by atoms with Crippen LogP contribution in [0.1, 0.15) is 17.0 Å². The number of rotatable bonds is 7. The molecule has 2 aromatic heterocycles. The van der Waals surface area contributed by atoms with E-state index in [0.29, 0.717) is 11.7 Å². The Kier molecular flexibility index (Phi) is 6.79. The number of hydrogen-bond donors (Lipinski definition) is 2. The van der Waals surface area contributed by atoms with Gasteiger partial charge in [0.1, 0.15) is 17.4 Å². The number of fused-ring (bicyclic) bond motifs is 1. The summed E-state index contributed by atoms with van der Waals surface area (Å²) in [6, 6.07) is 7.96. The number of aromatic nitrogens is 2. The van der Waals surface area contributed by atoms with E-state index >= 15 is 0 Å². The van der Waals surface area contributed by atoms with Crippen LogP contribution in [-0.2, 0) is 0 Å². The summed E-state index contributed by atoms with van der Waals surface area (Å²) < 4.78 is 11.3. The number of aliphatic imine (C=N–C) groups is 2. The second-order valence-corrected chi connectivity index (χ2v) is 8.33. The summed E-state index contributed by atoms with van der Waals surface area (Å²) >= 11 is 0. The highest BCUT2D eigenvalue weighted by Crippen LogP contribution is 2.27. The van der Waals surface area contributed by atoms with Gasteiger partial charge >= 0.3 is 0 Å². The van der Waals surface area contributed by atoms with Gasteiger partial charge in [0.25, 0.3) is 0 Å². The van der Waals surface area contributed by atoms with Crippen molar-refractivity contribution in [2.75, 3.05) is 45.3 Å². The van der Waals surface area contributed by atoms with Gasteiger partial charge in [-0.25, -0.2) is 9.98 Å². The second kappa shape index (κ2) is 9.91. The number of H-pyrrole nitrogens is 1. The molecular weight excluding hydrogens is 418 g/mol. The van der Waals surface area contributed by atoms with Gasteiger partial charge in [0, 0.05) is 60.5 Å². The van der Waals surface area contributed by atoms with E-state index in [1.807, 2.05) is 25.1 Å². The maximum absolute atomic E-state index is 6.07. The maximum Gasteiger partial charge on any atom is 0.230 e.